The molecule has 0 atom stereocenters. The monoisotopic (exact) mass is 364 g/mol. The Hall–Kier alpha value is -2.08. The first kappa shape index (κ1) is 17.7. The molecule has 0 amide bonds. The molecule has 0 spiro atoms. The van der Waals surface area contributed by atoms with Crippen LogP contribution in [0, 0.1) is 5.82 Å². The van der Waals surface area contributed by atoms with Gasteiger partial charge in [-0.3, -0.25) is 4.79 Å². The maximum atomic E-state index is 13.1. The fourth-order valence-electron chi connectivity index (χ4n) is 3.46. The number of hydrogen-bond acceptors (Lipinski definition) is 4. The van der Waals surface area contributed by atoms with Crippen LogP contribution >= 0.6 is 11.6 Å². The molecule has 25 heavy (non-hydrogen) atoms. The van der Waals surface area contributed by atoms with Gasteiger partial charge in [0.25, 0.3) is 5.56 Å². The number of nitrogens with one attached hydrogen (secondary N) is 1. The standard InChI is InChI=1S/C18H22ClFN4O/c1-21-16-11-22-24(18(25)17(16)19)15-9-7-14(8-10-15)23(2)13-5-3-12(20)4-6-13/h3-6,11,14-15,21H,7-10H2,1-2H3. The summed E-state index contributed by atoms with van der Waals surface area (Å²) in [5.74, 6) is -0.229. The van der Waals surface area contributed by atoms with Gasteiger partial charge in [-0.05, 0) is 49.9 Å². The summed E-state index contributed by atoms with van der Waals surface area (Å²) in [5.41, 5.74) is 1.30. The Bertz CT molecular complexity index is 785. The molecule has 0 saturated heterocycles. The number of hydrogen-bond donors (Lipinski definition) is 1. The van der Waals surface area contributed by atoms with Crippen LogP contribution in [0.2, 0.25) is 5.02 Å². The highest BCUT2D eigenvalue weighted by molar-refractivity contribution is 6.32. The Morgan fingerprint density at radius 3 is 2.48 bits per heavy atom. The predicted molar refractivity (Wildman–Crippen MR) is 99.1 cm³/mol. The highest BCUT2D eigenvalue weighted by atomic mass is 35.5. The lowest BCUT2D eigenvalue weighted by atomic mass is 9.90. The van der Waals surface area contributed by atoms with Crippen LogP contribution in [0.5, 0.6) is 0 Å². The van der Waals surface area contributed by atoms with Crippen LogP contribution in [0.3, 0.4) is 0 Å². The fourth-order valence-corrected chi connectivity index (χ4v) is 3.69. The number of aromatic nitrogens is 2. The van der Waals surface area contributed by atoms with E-state index in [4.69, 9.17) is 11.6 Å². The zero-order chi connectivity index (χ0) is 18.0. The molecule has 1 N–H and O–H groups in total. The van der Waals surface area contributed by atoms with E-state index in [0.29, 0.717) is 11.7 Å². The van der Waals surface area contributed by atoms with E-state index in [9.17, 15) is 9.18 Å². The first-order valence-electron chi connectivity index (χ1n) is 8.44. The summed E-state index contributed by atoms with van der Waals surface area (Å²) in [6.45, 7) is 0. The number of nitrogens with zero attached hydrogens (tertiary/aromatic N) is 3. The molecule has 0 radical (unpaired) electrons. The van der Waals surface area contributed by atoms with Gasteiger partial charge in [-0.15, -0.1) is 0 Å². The predicted octanol–water partition coefficient (Wildman–Crippen LogP) is 3.70. The maximum Gasteiger partial charge on any atom is 0.287 e. The van der Waals surface area contributed by atoms with Crippen molar-refractivity contribution >= 4 is 23.0 Å². The largest absolute Gasteiger partial charge is 0.385 e. The molecule has 0 bridgehead atoms. The highest BCUT2D eigenvalue weighted by Gasteiger charge is 2.27. The molecule has 7 heteroatoms. The summed E-state index contributed by atoms with van der Waals surface area (Å²) >= 11 is 6.11. The summed E-state index contributed by atoms with van der Waals surface area (Å²) in [6.07, 6.45) is 5.20. The van der Waals surface area contributed by atoms with Gasteiger partial charge in [0.05, 0.1) is 17.9 Å². The Morgan fingerprint density at radius 2 is 1.88 bits per heavy atom. The highest BCUT2D eigenvalue weighted by Crippen LogP contribution is 2.32. The second-order valence-corrected chi connectivity index (χ2v) is 6.80. The minimum absolute atomic E-state index is 0.0637. The van der Waals surface area contributed by atoms with Crippen molar-refractivity contribution in [3.8, 4) is 0 Å². The van der Waals surface area contributed by atoms with Crippen LogP contribution in [-0.4, -0.2) is 29.9 Å². The average Bonchev–Trinajstić information content (AvgIpc) is 2.64. The molecule has 1 fully saturated rings. The summed E-state index contributed by atoms with van der Waals surface area (Å²) in [5, 5.41) is 7.33. The fraction of sp³-hybridized carbons (Fsp3) is 0.444. The summed E-state index contributed by atoms with van der Waals surface area (Å²) in [6, 6.07) is 6.98. The lowest BCUT2D eigenvalue weighted by molar-refractivity contribution is 0.291. The van der Waals surface area contributed by atoms with Crippen molar-refractivity contribution in [2.75, 3.05) is 24.3 Å². The molecule has 1 aromatic heterocycles. The van der Waals surface area contributed by atoms with Crippen molar-refractivity contribution in [1.82, 2.24) is 9.78 Å². The van der Waals surface area contributed by atoms with Crippen LogP contribution in [0.1, 0.15) is 31.7 Å². The van der Waals surface area contributed by atoms with E-state index >= 15 is 0 Å². The molecule has 1 aliphatic rings. The van der Waals surface area contributed by atoms with Crippen LogP contribution < -0.4 is 15.8 Å². The number of benzene rings is 1. The Labute approximate surface area is 151 Å². The third kappa shape index (κ3) is 3.63. The molecular formula is C18H22ClFN4O. The average molecular weight is 365 g/mol. The summed E-state index contributed by atoms with van der Waals surface area (Å²) in [4.78, 5) is 14.6. The lowest BCUT2D eigenvalue weighted by Gasteiger charge is -2.36. The first-order chi connectivity index (χ1) is 12.0. The van der Waals surface area contributed by atoms with Crippen molar-refractivity contribution in [2.45, 2.75) is 37.8 Å². The Morgan fingerprint density at radius 1 is 1.24 bits per heavy atom. The summed E-state index contributed by atoms with van der Waals surface area (Å²) < 4.78 is 14.6. The van der Waals surface area contributed by atoms with Crippen molar-refractivity contribution in [3.05, 3.63) is 51.7 Å². The topological polar surface area (TPSA) is 50.2 Å². The number of halogens is 2. The van der Waals surface area contributed by atoms with E-state index in [1.54, 1.807) is 25.4 Å². The Balaban J connectivity index is 1.69. The molecule has 1 heterocycles. The van der Waals surface area contributed by atoms with Gasteiger partial charge in [-0.1, -0.05) is 11.6 Å². The van der Waals surface area contributed by atoms with Gasteiger partial charge in [0, 0.05) is 25.8 Å². The molecule has 1 aliphatic carbocycles. The lowest BCUT2D eigenvalue weighted by Crippen LogP contribution is -2.38. The molecule has 134 valence electrons. The van der Waals surface area contributed by atoms with Crippen molar-refractivity contribution < 1.29 is 4.39 Å². The van der Waals surface area contributed by atoms with E-state index in [1.165, 1.54) is 16.8 Å². The van der Waals surface area contributed by atoms with Crippen molar-refractivity contribution in [2.24, 2.45) is 0 Å². The van der Waals surface area contributed by atoms with Crippen LogP contribution in [0.25, 0.3) is 0 Å². The van der Waals surface area contributed by atoms with Crippen LogP contribution in [-0.2, 0) is 0 Å². The van der Waals surface area contributed by atoms with E-state index in [2.05, 4.69) is 15.3 Å². The van der Waals surface area contributed by atoms with Crippen LogP contribution in [0.4, 0.5) is 15.8 Å². The molecule has 1 aromatic carbocycles. The van der Waals surface area contributed by atoms with E-state index in [0.717, 1.165) is 31.4 Å². The molecule has 2 aromatic rings. The quantitative estimate of drug-likeness (QED) is 0.898. The minimum Gasteiger partial charge on any atom is -0.385 e. The van der Waals surface area contributed by atoms with Gasteiger partial charge in [-0.25, -0.2) is 9.07 Å². The van der Waals surface area contributed by atoms with Crippen molar-refractivity contribution in [1.29, 1.82) is 0 Å². The molecule has 5 nitrogen and oxygen atoms in total. The number of rotatable bonds is 4. The van der Waals surface area contributed by atoms with Gasteiger partial charge in [-0.2, -0.15) is 5.10 Å². The SMILES string of the molecule is CNc1cnn(C2CCC(N(C)c3ccc(F)cc3)CC2)c(=O)c1Cl. The van der Waals surface area contributed by atoms with Crippen LogP contribution in [0.15, 0.2) is 35.3 Å². The third-order valence-electron chi connectivity index (χ3n) is 5.01. The zero-order valence-corrected chi connectivity index (χ0v) is 15.1. The molecule has 0 aliphatic heterocycles. The van der Waals surface area contributed by atoms with E-state index in [-0.39, 0.29) is 22.4 Å². The zero-order valence-electron chi connectivity index (χ0n) is 14.4. The second kappa shape index (κ2) is 7.44. The second-order valence-electron chi connectivity index (χ2n) is 6.42. The molecular weight excluding hydrogens is 343 g/mol. The van der Waals surface area contributed by atoms with E-state index in [1.807, 2.05) is 7.05 Å². The minimum atomic E-state index is -0.246. The van der Waals surface area contributed by atoms with Gasteiger partial charge < -0.3 is 10.2 Å². The van der Waals surface area contributed by atoms with E-state index < -0.39 is 0 Å². The smallest absolute Gasteiger partial charge is 0.287 e. The van der Waals surface area contributed by atoms with Gasteiger partial charge in [0.15, 0.2) is 0 Å². The molecule has 1 saturated carbocycles. The molecule has 3 rings (SSSR count). The van der Waals surface area contributed by atoms with Gasteiger partial charge >= 0.3 is 0 Å². The maximum absolute atomic E-state index is 13.1. The first-order valence-corrected chi connectivity index (χ1v) is 8.82. The normalized spacial score (nSPS) is 20.3. The molecule has 0 unspecified atom stereocenters. The van der Waals surface area contributed by atoms with Gasteiger partial charge in [0.2, 0.25) is 0 Å². The van der Waals surface area contributed by atoms with Crippen molar-refractivity contribution in [3.63, 3.8) is 0 Å². The number of anilines is 2. The van der Waals surface area contributed by atoms with Gasteiger partial charge in [0.1, 0.15) is 10.8 Å². The Kier molecular flexibility index (Phi) is 5.27. The summed E-state index contributed by atoms with van der Waals surface area (Å²) in [7, 11) is 3.74. The third-order valence-corrected chi connectivity index (χ3v) is 5.37.